The Morgan fingerprint density at radius 3 is 2.03 bits per heavy atom. The maximum atomic E-state index is 4.41. The molecule has 0 aliphatic heterocycles. The molecular weight excluding hydrogens is 372 g/mol. The monoisotopic (exact) mass is 424 g/mol. The summed E-state index contributed by atoms with van der Waals surface area (Å²) in [6.45, 7) is 20.6. The summed E-state index contributed by atoms with van der Waals surface area (Å²) >= 11 is 0. The third-order valence-corrected chi connectivity index (χ3v) is 7.18. The highest BCUT2D eigenvalue weighted by Gasteiger charge is 2.33. The molecule has 0 heteroatoms. The summed E-state index contributed by atoms with van der Waals surface area (Å²) in [7, 11) is 0. The summed E-state index contributed by atoms with van der Waals surface area (Å²) in [6, 6.07) is 0. The molecular formula is C31H52. The lowest BCUT2D eigenvalue weighted by Gasteiger charge is -2.40. The third-order valence-electron chi connectivity index (χ3n) is 7.18. The summed E-state index contributed by atoms with van der Waals surface area (Å²) in [5.74, 6) is 0.705. The second kappa shape index (κ2) is 14.7. The van der Waals surface area contributed by atoms with Gasteiger partial charge in [0.1, 0.15) is 0 Å². The van der Waals surface area contributed by atoms with E-state index in [1.807, 2.05) is 0 Å². The van der Waals surface area contributed by atoms with Crippen LogP contribution in [0, 0.1) is 11.3 Å². The van der Waals surface area contributed by atoms with Crippen LogP contribution in [0.3, 0.4) is 0 Å². The summed E-state index contributed by atoms with van der Waals surface area (Å²) < 4.78 is 0. The average molecular weight is 425 g/mol. The minimum Gasteiger partial charge on any atom is -0.0996 e. The second-order valence-corrected chi connectivity index (χ2v) is 10.8. The van der Waals surface area contributed by atoms with Gasteiger partial charge in [0, 0.05) is 0 Å². The van der Waals surface area contributed by atoms with Crippen molar-refractivity contribution in [2.75, 3.05) is 0 Å². The van der Waals surface area contributed by atoms with Crippen LogP contribution in [0.15, 0.2) is 58.7 Å². The van der Waals surface area contributed by atoms with E-state index in [9.17, 15) is 0 Å². The second-order valence-electron chi connectivity index (χ2n) is 10.8. The molecule has 0 saturated heterocycles. The van der Waals surface area contributed by atoms with E-state index >= 15 is 0 Å². The summed E-state index contributed by atoms with van der Waals surface area (Å²) in [5, 5.41) is 0. The van der Waals surface area contributed by atoms with Crippen molar-refractivity contribution in [3.05, 3.63) is 58.7 Å². The fourth-order valence-corrected chi connectivity index (χ4v) is 4.98. The molecule has 0 amide bonds. The normalized spacial score (nSPS) is 20.2. The van der Waals surface area contributed by atoms with Gasteiger partial charge < -0.3 is 0 Å². The lowest BCUT2D eigenvalue weighted by Crippen LogP contribution is -2.29. The third kappa shape index (κ3) is 11.8. The Balaban J connectivity index is 2.37. The molecule has 0 N–H and O–H groups in total. The van der Waals surface area contributed by atoms with Gasteiger partial charge in [0.25, 0.3) is 0 Å². The zero-order valence-electron chi connectivity index (χ0n) is 22.1. The number of hydrogen-bond donors (Lipinski definition) is 0. The van der Waals surface area contributed by atoms with Crippen LogP contribution in [0.1, 0.15) is 126 Å². The molecule has 1 atom stereocenters. The van der Waals surface area contributed by atoms with Gasteiger partial charge in [-0.3, -0.25) is 0 Å². The van der Waals surface area contributed by atoms with Gasteiger partial charge in [-0.15, -0.1) is 0 Å². The smallest absolute Gasteiger partial charge is 0.0152 e. The number of unbranched alkanes of at least 4 members (excludes halogenated alkanes) is 1. The van der Waals surface area contributed by atoms with Crippen LogP contribution in [0.5, 0.6) is 0 Å². The number of hydrogen-bond acceptors (Lipinski definition) is 0. The van der Waals surface area contributed by atoms with Crippen molar-refractivity contribution in [1.29, 1.82) is 0 Å². The van der Waals surface area contributed by atoms with Crippen molar-refractivity contribution in [2.24, 2.45) is 11.3 Å². The number of rotatable bonds is 13. The molecule has 0 aromatic carbocycles. The molecule has 1 unspecified atom stereocenters. The topological polar surface area (TPSA) is 0 Å². The maximum absolute atomic E-state index is 4.41. The van der Waals surface area contributed by atoms with Crippen molar-refractivity contribution in [3.63, 3.8) is 0 Å². The van der Waals surface area contributed by atoms with Crippen molar-refractivity contribution in [2.45, 2.75) is 126 Å². The molecule has 0 aromatic rings. The van der Waals surface area contributed by atoms with E-state index in [0.717, 1.165) is 0 Å². The van der Waals surface area contributed by atoms with Crippen LogP contribution in [0.4, 0.5) is 0 Å². The van der Waals surface area contributed by atoms with Gasteiger partial charge in [0.2, 0.25) is 0 Å². The van der Waals surface area contributed by atoms with Crippen molar-refractivity contribution in [1.82, 2.24) is 0 Å². The molecule has 1 saturated carbocycles. The molecule has 0 heterocycles. The van der Waals surface area contributed by atoms with Crippen molar-refractivity contribution >= 4 is 0 Å². The SMILES string of the molecule is C=C1CCCC(C)(C)C1CC/C(=C/CC/C=C(\C)CC/C=C(\C)CCC=C(C)C)CC. The Kier molecular flexibility index (Phi) is 13.2. The molecule has 176 valence electrons. The van der Waals surface area contributed by atoms with Crippen LogP contribution in [-0.4, -0.2) is 0 Å². The Labute approximate surface area is 195 Å². The molecule has 0 spiro atoms. The van der Waals surface area contributed by atoms with Gasteiger partial charge in [-0.25, -0.2) is 0 Å². The van der Waals surface area contributed by atoms with E-state index in [4.69, 9.17) is 0 Å². The maximum Gasteiger partial charge on any atom is -0.0152 e. The summed E-state index contributed by atoms with van der Waals surface area (Å²) in [6.07, 6.45) is 24.6. The predicted octanol–water partition coefficient (Wildman–Crippen LogP) is 10.7. The molecule has 0 bridgehead atoms. The van der Waals surface area contributed by atoms with Gasteiger partial charge in [0.15, 0.2) is 0 Å². The fraction of sp³-hybridized carbons (Fsp3) is 0.677. The Bertz CT molecular complexity index is 658. The van der Waals surface area contributed by atoms with E-state index in [0.29, 0.717) is 11.3 Å². The predicted molar refractivity (Wildman–Crippen MR) is 143 cm³/mol. The quantitative estimate of drug-likeness (QED) is 0.204. The van der Waals surface area contributed by atoms with E-state index in [1.165, 1.54) is 93.8 Å². The Hall–Kier alpha value is -1.30. The molecule has 1 aliphatic rings. The fourth-order valence-electron chi connectivity index (χ4n) is 4.98. The van der Waals surface area contributed by atoms with E-state index < -0.39 is 0 Å². The van der Waals surface area contributed by atoms with Gasteiger partial charge in [-0.2, -0.15) is 0 Å². The zero-order valence-corrected chi connectivity index (χ0v) is 22.1. The largest absolute Gasteiger partial charge is 0.0996 e. The van der Waals surface area contributed by atoms with E-state index in [1.54, 1.807) is 11.1 Å². The minimum absolute atomic E-state index is 0.437. The van der Waals surface area contributed by atoms with Crippen molar-refractivity contribution in [3.8, 4) is 0 Å². The van der Waals surface area contributed by atoms with Crippen LogP contribution in [0.25, 0.3) is 0 Å². The van der Waals surface area contributed by atoms with Gasteiger partial charge in [0.05, 0.1) is 0 Å². The van der Waals surface area contributed by atoms with Gasteiger partial charge >= 0.3 is 0 Å². The van der Waals surface area contributed by atoms with Crippen LogP contribution in [-0.2, 0) is 0 Å². The lowest BCUT2D eigenvalue weighted by atomic mass is 9.65. The molecule has 0 aromatic heterocycles. The first-order chi connectivity index (χ1) is 14.7. The standard InChI is InChI=1S/C31H52/c1-9-29(22-23-30-28(6)20-14-24-31(30,7)8)21-11-10-16-26(4)18-13-19-27(5)17-12-15-25(2)3/h15-16,19,21,30H,6,9-14,17-18,20,22-24H2,1-5,7-8H3/b26-16+,27-19+,29-21+. The first kappa shape index (κ1) is 27.7. The molecule has 31 heavy (non-hydrogen) atoms. The van der Waals surface area contributed by atoms with Gasteiger partial charge in [-0.05, 0) is 116 Å². The molecule has 0 nitrogen and oxygen atoms in total. The highest BCUT2D eigenvalue weighted by molar-refractivity contribution is 5.12. The van der Waals surface area contributed by atoms with E-state index in [-0.39, 0.29) is 0 Å². The van der Waals surface area contributed by atoms with Crippen LogP contribution in [0.2, 0.25) is 0 Å². The van der Waals surface area contributed by atoms with Crippen LogP contribution < -0.4 is 0 Å². The average Bonchev–Trinajstić information content (AvgIpc) is 2.68. The highest BCUT2D eigenvalue weighted by atomic mass is 14.4. The Morgan fingerprint density at radius 2 is 1.45 bits per heavy atom. The first-order valence-corrected chi connectivity index (χ1v) is 13.0. The Morgan fingerprint density at radius 1 is 0.871 bits per heavy atom. The molecule has 1 rings (SSSR count). The highest BCUT2D eigenvalue weighted by Crippen LogP contribution is 2.45. The molecule has 0 radical (unpaired) electrons. The number of allylic oxidation sites excluding steroid dienone is 9. The van der Waals surface area contributed by atoms with Gasteiger partial charge in [-0.1, -0.05) is 79.5 Å². The molecule has 1 aliphatic carbocycles. The minimum atomic E-state index is 0.437. The lowest BCUT2D eigenvalue weighted by molar-refractivity contribution is 0.180. The van der Waals surface area contributed by atoms with Crippen molar-refractivity contribution < 1.29 is 0 Å². The first-order valence-electron chi connectivity index (χ1n) is 13.0. The van der Waals surface area contributed by atoms with Crippen LogP contribution >= 0.6 is 0 Å². The van der Waals surface area contributed by atoms with E-state index in [2.05, 4.69) is 79.3 Å². The molecule has 1 fully saturated rings. The zero-order chi connectivity index (χ0) is 23.3. The summed E-state index contributed by atoms with van der Waals surface area (Å²) in [5.41, 5.74) is 8.09. The summed E-state index contributed by atoms with van der Waals surface area (Å²) in [4.78, 5) is 0.